The van der Waals surface area contributed by atoms with Gasteiger partial charge in [-0.2, -0.15) is 0 Å². The van der Waals surface area contributed by atoms with Crippen molar-refractivity contribution >= 4 is 11.9 Å². The Labute approximate surface area is 82.5 Å². The number of fused-ring (bicyclic) bond motifs is 1. The lowest BCUT2D eigenvalue weighted by molar-refractivity contribution is -0.155. The summed E-state index contributed by atoms with van der Waals surface area (Å²) >= 11 is 0. The highest BCUT2D eigenvalue weighted by molar-refractivity contribution is 5.99. The number of β-lactam (4-membered cyclic amide) rings is 1. The summed E-state index contributed by atoms with van der Waals surface area (Å²) in [4.78, 5) is 24.4. The van der Waals surface area contributed by atoms with E-state index in [1.165, 1.54) is 7.11 Å². The first-order valence-corrected chi connectivity index (χ1v) is 4.82. The maximum absolute atomic E-state index is 11.6. The van der Waals surface area contributed by atoms with Crippen LogP contribution in [0, 0.1) is 5.92 Å². The van der Waals surface area contributed by atoms with E-state index in [9.17, 15) is 9.59 Å². The molecule has 2 rings (SSSR count). The second-order valence-corrected chi connectivity index (χ2v) is 3.61. The fraction of sp³-hybridized carbons (Fsp3) is 0.600. The van der Waals surface area contributed by atoms with Gasteiger partial charge in [-0.1, -0.05) is 13.0 Å². The predicted molar refractivity (Wildman–Crippen MR) is 49.1 cm³/mol. The quantitative estimate of drug-likeness (QED) is 0.481. The zero-order valence-corrected chi connectivity index (χ0v) is 8.32. The van der Waals surface area contributed by atoms with Crippen LogP contribution in [0.15, 0.2) is 11.8 Å². The third-order valence-corrected chi connectivity index (χ3v) is 3.00. The van der Waals surface area contributed by atoms with Crippen LogP contribution in [-0.2, 0) is 14.3 Å². The van der Waals surface area contributed by atoms with Crippen LogP contribution < -0.4 is 0 Å². The molecule has 0 saturated carbocycles. The molecule has 1 fully saturated rings. The van der Waals surface area contributed by atoms with Crippen molar-refractivity contribution in [1.29, 1.82) is 0 Å². The SMILES string of the molecule is CC[C@H]1C(=O)N2C(C(=O)OC)=CC[C@H]12. The Kier molecular flexibility index (Phi) is 2.06. The maximum Gasteiger partial charge on any atom is 0.354 e. The fourth-order valence-electron chi connectivity index (χ4n) is 2.24. The van der Waals surface area contributed by atoms with Crippen LogP contribution in [0.5, 0.6) is 0 Å². The molecule has 14 heavy (non-hydrogen) atoms. The summed E-state index contributed by atoms with van der Waals surface area (Å²) in [6.45, 7) is 2.00. The van der Waals surface area contributed by atoms with Crippen LogP contribution in [0.4, 0.5) is 0 Å². The third-order valence-electron chi connectivity index (χ3n) is 3.00. The molecule has 0 bridgehead atoms. The van der Waals surface area contributed by atoms with Crippen molar-refractivity contribution in [2.45, 2.75) is 25.8 Å². The van der Waals surface area contributed by atoms with E-state index in [1.54, 1.807) is 11.0 Å². The number of hydrogen-bond donors (Lipinski definition) is 0. The van der Waals surface area contributed by atoms with Gasteiger partial charge in [-0.05, 0) is 12.8 Å². The lowest BCUT2D eigenvalue weighted by Crippen LogP contribution is -2.58. The van der Waals surface area contributed by atoms with Gasteiger partial charge in [0.15, 0.2) is 0 Å². The molecular formula is C10H13NO3. The topological polar surface area (TPSA) is 46.6 Å². The van der Waals surface area contributed by atoms with Crippen molar-refractivity contribution in [1.82, 2.24) is 4.90 Å². The number of nitrogens with zero attached hydrogens (tertiary/aromatic N) is 1. The molecule has 0 aromatic rings. The number of carbonyl (C=O) groups excluding carboxylic acids is 2. The van der Waals surface area contributed by atoms with Gasteiger partial charge in [-0.3, -0.25) is 4.79 Å². The number of rotatable bonds is 2. The Morgan fingerprint density at radius 3 is 3.00 bits per heavy atom. The first kappa shape index (κ1) is 9.24. The number of ether oxygens (including phenoxy) is 1. The standard InChI is InChI=1S/C10H13NO3/c1-3-6-7-4-5-8(10(13)14-2)11(7)9(6)12/h5-7H,3-4H2,1-2H3/t6-,7-/m1/s1. The van der Waals surface area contributed by atoms with Crippen LogP contribution in [0.25, 0.3) is 0 Å². The Hall–Kier alpha value is -1.32. The molecule has 0 radical (unpaired) electrons. The van der Waals surface area contributed by atoms with Gasteiger partial charge >= 0.3 is 5.97 Å². The second-order valence-electron chi connectivity index (χ2n) is 3.61. The molecule has 0 unspecified atom stereocenters. The van der Waals surface area contributed by atoms with E-state index >= 15 is 0 Å². The number of hydrogen-bond acceptors (Lipinski definition) is 3. The van der Waals surface area contributed by atoms with Crippen LogP contribution in [-0.4, -0.2) is 29.9 Å². The van der Waals surface area contributed by atoms with Crippen molar-refractivity contribution in [3.05, 3.63) is 11.8 Å². The molecule has 1 saturated heterocycles. The summed E-state index contributed by atoms with van der Waals surface area (Å²) in [7, 11) is 1.33. The third kappa shape index (κ3) is 0.997. The van der Waals surface area contributed by atoms with Crippen LogP contribution in [0.1, 0.15) is 19.8 Å². The summed E-state index contributed by atoms with van der Waals surface area (Å²) in [5.74, 6) is -0.240. The highest BCUT2D eigenvalue weighted by Crippen LogP contribution is 2.40. The van der Waals surface area contributed by atoms with E-state index in [-0.39, 0.29) is 17.9 Å². The summed E-state index contributed by atoms with van der Waals surface area (Å²) < 4.78 is 4.60. The lowest BCUT2D eigenvalue weighted by atomic mass is 9.85. The summed E-state index contributed by atoms with van der Waals surface area (Å²) in [5.41, 5.74) is 0.423. The average Bonchev–Trinajstić information content (AvgIpc) is 2.57. The number of amides is 1. The molecule has 0 N–H and O–H groups in total. The largest absolute Gasteiger partial charge is 0.464 e. The van der Waals surface area contributed by atoms with Crippen molar-refractivity contribution in [3.8, 4) is 0 Å². The van der Waals surface area contributed by atoms with E-state index in [4.69, 9.17) is 0 Å². The van der Waals surface area contributed by atoms with E-state index in [2.05, 4.69) is 4.74 Å². The zero-order chi connectivity index (χ0) is 10.3. The van der Waals surface area contributed by atoms with E-state index in [0.717, 1.165) is 12.8 Å². The van der Waals surface area contributed by atoms with Gasteiger partial charge in [0.1, 0.15) is 5.70 Å². The summed E-state index contributed by atoms with van der Waals surface area (Å²) in [6, 6.07) is 0.210. The smallest absolute Gasteiger partial charge is 0.354 e. The lowest BCUT2D eigenvalue weighted by Gasteiger charge is -2.43. The summed E-state index contributed by atoms with van der Waals surface area (Å²) in [6.07, 6.45) is 3.43. The van der Waals surface area contributed by atoms with Gasteiger partial charge in [0.25, 0.3) is 0 Å². The van der Waals surface area contributed by atoms with Crippen LogP contribution in [0.3, 0.4) is 0 Å². The zero-order valence-electron chi connectivity index (χ0n) is 8.32. The van der Waals surface area contributed by atoms with Gasteiger partial charge in [-0.25, -0.2) is 4.79 Å². The minimum absolute atomic E-state index is 0.0617. The molecule has 2 heterocycles. The van der Waals surface area contributed by atoms with E-state index in [0.29, 0.717) is 5.70 Å². The molecule has 2 atom stereocenters. The van der Waals surface area contributed by atoms with Crippen molar-refractivity contribution in [2.75, 3.05) is 7.11 Å². The number of methoxy groups -OCH3 is 1. The van der Waals surface area contributed by atoms with Gasteiger partial charge in [0.05, 0.1) is 19.1 Å². The molecule has 1 amide bonds. The first-order chi connectivity index (χ1) is 6.70. The van der Waals surface area contributed by atoms with Gasteiger partial charge in [0.2, 0.25) is 5.91 Å². The monoisotopic (exact) mass is 195 g/mol. The molecule has 0 aromatic carbocycles. The highest BCUT2D eigenvalue weighted by Gasteiger charge is 2.51. The van der Waals surface area contributed by atoms with Crippen LogP contribution in [0.2, 0.25) is 0 Å². The molecular weight excluding hydrogens is 182 g/mol. The van der Waals surface area contributed by atoms with Gasteiger partial charge in [0, 0.05) is 0 Å². The van der Waals surface area contributed by atoms with E-state index in [1.807, 2.05) is 6.92 Å². The Bertz CT molecular complexity index is 321. The Morgan fingerprint density at radius 2 is 2.43 bits per heavy atom. The second kappa shape index (κ2) is 3.12. The van der Waals surface area contributed by atoms with Crippen molar-refractivity contribution < 1.29 is 14.3 Å². The Morgan fingerprint density at radius 1 is 1.71 bits per heavy atom. The Balaban J connectivity index is 2.14. The molecule has 0 spiro atoms. The van der Waals surface area contributed by atoms with Gasteiger partial charge in [-0.15, -0.1) is 0 Å². The molecule has 4 nitrogen and oxygen atoms in total. The molecule has 0 aliphatic carbocycles. The first-order valence-electron chi connectivity index (χ1n) is 4.82. The minimum Gasteiger partial charge on any atom is -0.464 e. The van der Waals surface area contributed by atoms with Crippen LogP contribution >= 0.6 is 0 Å². The molecule has 2 aliphatic heterocycles. The summed E-state index contributed by atoms with van der Waals surface area (Å²) in [5, 5.41) is 0. The van der Waals surface area contributed by atoms with Crippen molar-refractivity contribution in [2.24, 2.45) is 5.92 Å². The average molecular weight is 195 g/mol. The number of carbonyl (C=O) groups is 2. The fourth-order valence-corrected chi connectivity index (χ4v) is 2.24. The predicted octanol–water partition coefficient (Wildman–Crippen LogP) is 0.684. The van der Waals surface area contributed by atoms with Crippen molar-refractivity contribution in [3.63, 3.8) is 0 Å². The highest BCUT2D eigenvalue weighted by atomic mass is 16.5. The van der Waals surface area contributed by atoms with E-state index < -0.39 is 5.97 Å². The molecule has 0 aromatic heterocycles. The molecule has 76 valence electrons. The number of esters is 1. The molecule has 4 heteroatoms. The molecule has 2 aliphatic rings. The minimum atomic E-state index is -0.407. The van der Waals surface area contributed by atoms with Gasteiger partial charge < -0.3 is 9.64 Å². The maximum atomic E-state index is 11.6. The normalized spacial score (nSPS) is 29.4.